The largest absolute Gasteiger partial charge is 0.393 e. The van der Waals surface area contributed by atoms with E-state index in [0.29, 0.717) is 17.8 Å². The summed E-state index contributed by atoms with van der Waals surface area (Å²) in [6, 6.07) is 0. The van der Waals surface area contributed by atoms with Crippen LogP contribution in [0.5, 0.6) is 0 Å². The van der Waals surface area contributed by atoms with E-state index in [2.05, 4.69) is 54.5 Å². The summed E-state index contributed by atoms with van der Waals surface area (Å²) in [4.78, 5) is 0. The van der Waals surface area contributed by atoms with E-state index in [0.717, 1.165) is 32.3 Å². The van der Waals surface area contributed by atoms with Crippen molar-refractivity contribution in [3.05, 3.63) is 11.6 Å². The lowest BCUT2D eigenvalue weighted by atomic mass is 9.32. The van der Waals surface area contributed by atoms with Crippen LogP contribution < -0.4 is 0 Å². The van der Waals surface area contributed by atoms with E-state index in [-0.39, 0.29) is 38.6 Å². The van der Waals surface area contributed by atoms with Gasteiger partial charge in [-0.1, -0.05) is 60.1 Å². The van der Waals surface area contributed by atoms with Crippen LogP contribution in [0.1, 0.15) is 106 Å². The molecule has 186 valence electrons. The molecule has 2 heterocycles. The van der Waals surface area contributed by atoms with Crippen LogP contribution in [0, 0.1) is 50.2 Å². The molecule has 5 aliphatic carbocycles. The highest BCUT2D eigenvalue weighted by Crippen LogP contribution is 2.77. The lowest BCUT2D eigenvalue weighted by molar-refractivity contribution is -0.395. The van der Waals surface area contributed by atoms with E-state index in [1.165, 1.54) is 32.1 Å². The molecule has 2 N–H and O–H groups in total. The highest BCUT2D eigenvalue weighted by Gasteiger charge is 2.73. The number of fused-ring (bicyclic) bond motifs is 7. The van der Waals surface area contributed by atoms with E-state index < -0.39 is 5.79 Å². The highest BCUT2D eigenvalue weighted by atomic mass is 16.6. The maximum Gasteiger partial charge on any atom is 0.170 e. The zero-order valence-electron chi connectivity index (χ0n) is 22.3. The van der Waals surface area contributed by atoms with Crippen molar-refractivity contribution in [3.63, 3.8) is 0 Å². The van der Waals surface area contributed by atoms with E-state index >= 15 is 0 Å². The Labute approximate surface area is 201 Å². The number of aliphatic hydroxyl groups excluding tert-OH is 1. The maximum absolute atomic E-state index is 11.4. The second kappa shape index (κ2) is 6.30. The summed E-state index contributed by atoms with van der Waals surface area (Å²) in [6.45, 7) is 17.6. The summed E-state index contributed by atoms with van der Waals surface area (Å²) >= 11 is 0. The van der Waals surface area contributed by atoms with Crippen molar-refractivity contribution in [2.24, 2.45) is 50.2 Å². The molecule has 33 heavy (non-hydrogen) atoms. The monoisotopic (exact) mass is 456 g/mol. The smallest absolute Gasteiger partial charge is 0.170 e. The summed E-state index contributed by atoms with van der Waals surface area (Å²) in [6.07, 6.45) is 12.6. The van der Waals surface area contributed by atoms with Gasteiger partial charge in [-0.25, -0.2) is 0 Å². The van der Waals surface area contributed by atoms with Gasteiger partial charge in [0.05, 0.1) is 12.7 Å². The van der Waals surface area contributed by atoms with Crippen molar-refractivity contribution < 1.29 is 14.9 Å². The second-order valence-electron chi connectivity index (χ2n) is 15.4. The van der Waals surface area contributed by atoms with Gasteiger partial charge in [-0.2, -0.15) is 0 Å². The van der Waals surface area contributed by atoms with E-state index in [4.69, 9.17) is 4.74 Å². The van der Waals surface area contributed by atoms with Gasteiger partial charge in [0.2, 0.25) is 0 Å². The maximum atomic E-state index is 11.4. The van der Waals surface area contributed by atoms with Crippen LogP contribution in [-0.4, -0.2) is 28.7 Å². The Morgan fingerprint density at radius 2 is 1.61 bits per heavy atom. The molecule has 7 rings (SSSR count). The van der Waals surface area contributed by atoms with Gasteiger partial charge >= 0.3 is 0 Å². The Kier molecular flexibility index (Phi) is 4.40. The fraction of sp³-hybridized carbons (Fsp3) is 0.933. The number of hydrogen-bond acceptors (Lipinski definition) is 3. The van der Waals surface area contributed by atoms with E-state index in [9.17, 15) is 10.2 Å². The summed E-state index contributed by atoms with van der Waals surface area (Å²) in [5.41, 5.74) is 2.50. The van der Waals surface area contributed by atoms with Crippen molar-refractivity contribution in [1.82, 2.24) is 0 Å². The van der Waals surface area contributed by atoms with Gasteiger partial charge in [-0.3, -0.25) is 0 Å². The minimum absolute atomic E-state index is 0.00751. The van der Waals surface area contributed by atoms with Crippen LogP contribution in [0.2, 0.25) is 0 Å². The molecule has 0 aromatic carbocycles. The molecule has 2 bridgehead atoms. The van der Waals surface area contributed by atoms with Gasteiger partial charge in [0, 0.05) is 17.3 Å². The first kappa shape index (κ1) is 23.0. The molecule has 0 aromatic heterocycles. The molecular formula is C30H48O3. The predicted octanol–water partition coefficient (Wildman–Crippen LogP) is 6.48. The summed E-state index contributed by atoms with van der Waals surface area (Å²) in [5, 5.41) is 22.3. The molecule has 2 saturated heterocycles. The molecule has 3 heteroatoms. The molecule has 0 aromatic rings. The summed E-state index contributed by atoms with van der Waals surface area (Å²) in [7, 11) is 0. The third kappa shape index (κ3) is 2.49. The third-order valence-electron chi connectivity index (χ3n) is 13.7. The Morgan fingerprint density at radius 1 is 0.879 bits per heavy atom. The normalized spacial score (nSPS) is 58.4. The average molecular weight is 457 g/mol. The Bertz CT molecular complexity index is 892. The van der Waals surface area contributed by atoms with Gasteiger partial charge < -0.3 is 14.9 Å². The summed E-state index contributed by atoms with van der Waals surface area (Å²) in [5.74, 6) is 0.839. The standard InChI is InChI=1S/C30H48O3/c1-24(2)16-20-19-8-9-22-28(7,27(19,6)13-12-26(20,5)17-23(24)31)11-10-21-25(3,4)30(32)15-14-29(21,22)18-33-30/h8,20-23,31-32H,9-18H2,1-7H3/t20-,21-,22-,23+,26-,27+,28+,29+,30-/m0/s1. The van der Waals surface area contributed by atoms with Crippen LogP contribution in [0.4, 0.5) is 0 Å². The highest BCUT2D eigenvalue weighted by molar-refractivity contribution is 5.34. The van der Waals surface area contributed by atoms with Gasteiger partial charge in [0.25, 0.3) is 0 Å². The second-order valence-corrected chi connectivity index (χ2v) is 15.4. The number of ether oxygens (including phenoxy) is 1. The fourth-order valence-corrected chi connectivity index (χ4v) is 11.0. The summed E-state index contributed by atoms with van der Waals surface area (Å²) < 4.78 is 6.35. The first-order valence-electron chi connectivity index (χ1n) is 13.9. The average Bonchev–Trinajstić information content (AvgIpc) is 2.72. The minimum Gasteiger partial charge on any atom is -0.393 e. The Morgan fingerprint density at radius 3 is 2.27 bits per heavy atom. The molecule has 7 aliphatic rings. The molecule has 0 radical (unpaired) electrons. The minimum atomic E-state index is -0.937. The van der Waals surface area contributed by atoms with Crippen molar-refractivity contribution in [3.8, 4) is 0 Å². The fourth-order valence-electron chi connectivity index (χ4n) is 11.0. The Balaban J connectivity index is 1.44. The van der Waals surface area contributed by atoms with Gasteiger partial charge in [-0.15, -0.1) is 0 Å². The van der Waals surface area contributed by atoms with Crippen LogP contribution in [0.25, 0.3) is 0 Å². The lowest BCUT2D eigenvalue weighted by Gasteiger charge is -2.74. The van der Waals surface area contributed by atoms with E-state index in [1.807, 2.05) is 0 Å². The molecule has 9 atom stereocenters. The topological polar surface area (TPSA) is 49.7 Å². The van der Waals surface area contributed by atoms with Gasteiger partial charge in [0.15, 0.2) is 5.79 Å². The van der Waals surface area contributed by atoms with Crippen LogP contribution >= 0.6 is 0 Å². The molecule has 1 spiro atoms. The van der Waals surface area contributed by atoms with Crippen molar-refractivity contribution >= 4 is 0 Å². The third-order valence-corrected chi connectivity index (χ3v) is 13.7. The van der Waals surface area contributed by atoms with Crippen LogP contribution in [0.15, 0.2) is 11.6 Å². The molecule has 0 unspecified atom stereocenters. The molecule has 2 aliphatic heterocycles. The molecule has 6 fully saturated rings. The van der Waals surface area contributed by atoms with Crippen LogP contribution in [0.3, 0.4) is 0 Å². The lowest BCUT2D eigenvalue weighted by Crippen LogP contribution is -2.73. The van der Waals surface area contributed by atoms with E-state index in [1.54, 1.807) is 5.57 Å². The number of aliphatic hydroxyl groups is 2. The molecular weight excluding hydrogens is 408 g/mol. The number of rotatable bonds is 0. The first-order chi connectivity index (χ1) is 15.2. The van der Waals surface area contributed by atoms with Crippen molar-refractivity contribution in [1.29, 1.82) is 0 Å². The zero-order valence-corrected chi connectivity index (χ0v) is 22.3. The number of allylic oxidation sites excluding steroid dienone is 2. The zero-order chi connectivity index (χ0) is 23.9. The quantitative estimate of drug-likeness (QED) is 0.410. The van der Waals surface area contributed by atoms with Crippen molar-refractivity contribution in [2.75, 3.05) is 6.61 Å². The molecule has 0 amide bonds. The molecule has 3 nitrogen and oxygen atoms in total. The SMILES string of the molecule is CC1(C)C[C@H]2C3=CC[C@@H]4[C@]56CC[C@](O)(OC5)C(C)(C)[C@@H]6CC[C@@]4(C)[C@]3(C)CC[C@@]2(C)C[C@H]1O. The number of hydrogen-bond donors (Lipinski definition) is 2. The van der Waals surface area contributed by atoms with Crippen molar-refractivity contribution in [2.45, 2.75) is 118 Å². The van der Waals surface area contributed by atoms with Crippen LogP contribution in [-0.2, 0) is 4.74 Å². The van der Waals surface area contributed by atoms with Gasteiger partial charge in [0.1, 0.15) is 0 Å². The first-order valence-corrected chi connectivity index (χ1v) is 13.9. The predicted molar refractivity (Wildman–Crippen MR) is 131 cm³/mol. The molecule has 4 saturated carbocycles. The van der Waals surface area contributed by atoms with Gasteiger partial charge in [-0.05, 0) is 90.8 Å². The Hall–Kier alpha value is -0.380.